The molecule has 30 heavy (non-hydrogen) atoms. The number of aromatic nitrogens is 5. The Balaban J connectivity index is 1.79. The molecule has 1 fully saturated rings. The zero-order valence-corrected chi connectivity index (χ0v) is 17.2. The predicted molar refractivity (Wildman–Crippen MR) is 107 cm³/mol. The van der Waals surface area contributed by atoms with E-state index in [1.165, 1.54) is 11.5 Å². The fourth-order valence-corrected chi connectivity index (χ4v) is 4.11. The summed E-state index contributed by atoms with van der Waals surface area (Å²) in [6.45, 7) is 1.78. The highest BCUT2D eigenvalue weighted by Gasteiger charge is 2.29. The zero-order valence-electron chi connectivity index (χ0n) is 17.2. The molecule has 4 rings (SSSR count). The van der Waals surface area contributed by atoms with Crippen molar-refractivity contribution >= 4 is 22.9 Å². The minimum atomic E-state index is -0.772. The van der Waals surface area contributed by atoms with Crippen LogP contribution in [-0.4, -0.2) is 60.4 Å². The number of aliphatic hydroxyl groups excluding tert-OH is 1. The maximum absolute atomic E-state index is 13.3. The van der Waals surface area contributed by atoms with Gasteiger partial charge in [0.25, 0.3) is 5.56 Å². The first-order valence-corrected chi connectivity index (χ1v) is 9.90. The van der Waals surface area contributed by atoms with Gasteiger partial charge < -0.3 is 20.3 Å². The maximum atomic E-state index is 13.3. The monoisotopic (exact) mass is 418 g/mol. The van der Waals surface area contributed by atoms with Crippen LogP contribution in [0.3, 0.4) is 0 Å². The molecule has 2 unspecified atom stereocenters. The summed E-state index contributed by atoms with van der Waals surface area (Å²) < 4.78 is 15.7. The standard InChI is InChI=1S/C19H26N6O5/c1-10-13(6-5-12(20)18(28)29-3)25-17(27)15-16(23(2)19(25)22-10)24(9-21-15)14-7-4-11(8-26)30-14/h9,11-12,14,26H,4-8,20H2,1-3H3/t11-,12?,14?/m0/s1. The van der Waals surface area contributed by atoms with Crippen molar-refractivity contribution in [3.8, 4) is 0 Å². The lowest BCUT2D eigenvalue weighted by molar-refractivity contribution is -0.142. The van der Waals surface area contributed by atoms with Crippen LogP contribution in [0.15, 0.2) is 11.1 Å². The van der Waals surface area contributed by atoms with Crippen molar-refractivity contribution in [2.75, 3.05) is 13.7 Å². The van der Waals surface area contributed by atoms with Crippen LogP contribution in [0.1, 0.15) is 36.9 Å². The number of nitrogens with zero attached hydrogens (tertiary/aromatic N) is 5. The molecule has 11 nitrogen and oxygen atoms in total. The van der Waals surface area contributed by atoms with E-state index in [1.807, 2.05) is 23.1 Å². The summed E-state index contributed by atoms with van der Waals surface area (Å²) in [6, 6.07) is -0.772. The molecule has 0 aromatic carbocycles. The molecule has 0 radical (unpaired) electrons. The highest BCUT2D eigenvalue weighted by atomic mass is 16.5. The number of hydrogen-bond donors (Lipinski definition) is 2. The van der Waals surface area contributed by atoms with Crippen molar-refractivity contribution in [1.82, 2.24) is 23.5 Å². The SMILES string of the molecule is COC(=O)C(N)CCc1c(C)nc2n(C)c3c(ncn3C3CC[C@@H](CO)O3)c(=O)n12. The van der Waals surface area contributed by atoms with Gasteiger partial charge in [-0.25, -0.2) is 14.4 Å². The van der Waals surface area contributed by atoms with E-state index in [4.69, 9.17) is 10.5 Å². The summed E-state index contributed by atoms with van der Waals surface area (Å²) in [5.74, 6) is -0.0154. The van der Waals surface area contributed by atoms with Crippen LogP contribution in [0.2, 0.25) is 0 Å². The molecule has 0 amide bonds. The molecule has 3 N–H and O–H groups in total. The summed E-state index contributed by atoms with van der Waals surface area (Å²) in [7, 11) is 3.12. The fraction of sp³-hybridized carbons (Fsp3) is 0.579. The minimum absolute atomic E-state index is 0.0389. The molecule has 0 spiro atoms. The zero-order chi connectivity index (χ0) is 21.6. The number of nitrogens with two attached hydrogens (primary N) is 1. The first-order valence-electron chi connectivity index (χ1n) is 9.90. The van der Waals surface area contributed by atoms with E-state index in [1.54, 1.807) is 6.33 Å². The van der Waals surface area contributed by atoms with Gasteiger partial charge in [-0.2, -0.15) is 0 Å². The van der Waals surface area contributed by atoms with E-state index in [9.17, 15) is 14.7 Å². The van der Waals surface area contributed by atoms with Crippen LogP contribution < -0.4 is 11.3 Å². The van der Waals surface area contributed by atoms with Crippen LogP contribution in [0.5, 0.6) is 0 Å². The number of hydrogen-bond acceptors (Lipinski definition) is 8. The summed E-state index contributed by atoms with van der Waals surface area (Å²) in [5, 5.41) is 9.35. The predicted octanol–water partition coefficient (Wildman–Crippen LogP) is -0.206. The number of aliphatic hydroxyl groups is 1. The number of ether oxygens (including phenoxy) is 2. The molecule has 1 saturated heterocycles. The van der Waals surface area contributed by atoms with Crippen LogP contribution in [-0.2, 0) is 27.7 Å². The van der Waals surface area contributed by atoms with E-state index >= 15 is 0 Å². The second kappa shape index (κ2) is 7.82. The fourth-order valence-electron chi connectivity index (χ4n) is 4.11. The molecule has 1 aliphatic rings. The van der Waals surface area contributed by atoms with Gasteiger partial charge in [0, 0.05) is 7.05 Å². The van der Waals surface area contributed by atoms with Crippen LogP contribution in [0.25, 0.3) is 16.9 Å². The molecule has 4 heterocycles. The number of carbonyl (C=O) groups is 1. The Labute approximate surface area is 172 Å². The van der Waals surface area contributed by atoms with Crippen LogP contribution in [0, 0.1) is 6.92 Å². The quantitative estimate of drug-likeness (QED) is 0.525. The maximum Gasteiger partial charge on any atom is 0.322 e. The largest absolute Gasteiger partial charge is 0.468 e. The number of imidazole rings is 2. The van der Waals surface area contributed by atoms with E-state index in [0.717, 1.165) is 12.8 Å². The molecule has 0 saturated carbocycles. The lowest BCUT2D eigenvalue weighted by Crippen LogP contribution is -2.32. The van der Waals surface area contributed by atoms with Gasteiger partial charge >= 0.3 is 5.97 Å². The van der Waals surface area contributed by atoms with Crippen molar-refractivity contribution < 1.29 is 19.4 Å². The van der Waals surface area contributed by atoms with Gasteiger partial charge in [-0.05, 0) is 32.6 Å². The first-order chi connectivity index (χ1) is 14.4. The number of rotatable bonds is 6. The average Bonchev–Trinajstić information content (AvgIpc) is 3.46. The number of aryl methyl sites for hydroxylation is 3. The molecule has 3 aromatic rings. The van der Waals surface area contributed by atoms with Gasteiger partial charge in [0.1, 0.15) is 12.3 Å². The first kappa shape index (κ1) is 20.5. The Morgan fingerprint density at radius 3 is 2.90 bits per heavy atom. The van der Waals surface area contributed by atoms with Gasteiger partial charge in [0.2, 0.25) is 5.78 Å². The Morgan fingerprint density at radius 1 is 1.47 bits per heavy atom. The number of esters is 1. The van der Waals surface area contributed by atoms with Crippen molar-refractivity contribution in [3.05, 3.63) is 28.1 Å². The third kappa shape index (κ3) is 3.18. The van der Waals surface area contributed by atoms with Crippen LogP contribution in [0.4, 0.5) is 0 Å². The molecule has 3 aromatic heterocycles. The van der Waals surface area contributed by atoms with Gasteiger partial charge in [-0.3, -0.25) is 18.7 Å². The van der Waals surface area contributed by atoms with Gasteiger partial charge in [-0.15, -0.1) is 0 Å². The molecular weight excluding hydrogens is 392 g/mol. The Hall–Kier alpha value is -2.76. The molecular formula is C19H26N6O5. The van der Waals surface area contributed by atoms with Gasteiger partial charge in [0.15, 0.2) is 11.2 Å². The summed E-state index contributed by atoms with van der Waals surface area (Å²) in [6.07, 6.45) is 3.27. The smallest absolute Gasteiger partial charge is 0.322 e. The number of methoxy groups -OCH3 is 1. The van der Waals surface area contributed by atoms with E-state index in [2.05, 4.69) is 14.7 Å². The second-order valence-corrected chi connectivity index (χ2v) is 7.61. The average molecular weight is 418 g/mol. The normalized spacial score (nSPS) is 20.3. The van der Waals surface area contributed by atoms with E-state index < -0.39 is 12.0 Å². The molecule has 3 atom stereocenters. The number of fused-ring (bicyclic) bond motifs is 2. The summed E-state index contributed by atoms with van der Waals surface area (Å²) >= 11 is 0. The van der Waals surface area contributed by atoms with E-state index in [-0.39, 0.29) is 24.5 Å². The Morgan fingerprint density at radius 2 is 2.23 bits per heavy atom. The lowest BCUT2D eigenvalue weighted by atomic mass is 10.1. The molecule has 11 heteroatoms. The third-order valence-corrected chi connectivity index (χ3v) is 5.74. The van der Waals surface area contributed by atoms with Gasteiger partial charge in [0.05, 0.1) is 37.5 Å². The van der Waals surface area contributed by atoms with Crippen molar-refractivity contribution in [1.29, 1.82) is 0 Å². The Kier molecular flexibility index (Phi) is 5.35. The molecule has 1 aliphatic heterocycles. The van der Waals surface area contributed by atoms with Crippen molar-refractivity contribution in [3.63, 3.8) is 0 Å². The molecule has 0 aliphatic carbocycles. The topological polar surface area (TPSA) is 139 Å². The van der Waals surface area contributed by atoms with Crippen molar-refractivity contribution in [2.45, 2.75) is 51.0 Å². The highest BCUT2D eigenvalue weighted by molar-refractivity contribution is 5.75. The third-order valence-electron chi connectivity index (χ3n) is 5.74. The highest BCUT2D eigenvalue weighted by Crippen LogP contribution is 2.30. The van der Waals surface area contributed by atoms with Crippen LogP contribution >= 0.6 is 0 Å². The minimum Gasteiger partial charge on any atom is -0.468 e. The van der Waals surface area contributed by atoms with E-state index in [0.29, 0.717) is 41.2 Å². The molecule has 162 valence electrons. The lowest BCUT2D eigenvalue weighted by Gasteiger charge is -2.16. The number of carbonyl (C=O) groups excluding carboxylic acids is 1. The summed E-state index contributed by atoms with van der Waals surface area (Å²) in [5.41, 5.74) is 7.87. The second-order valence-electron chi connectivity index (χ2n) is 7.61. The van der Waals surface area contributed by atoms with Gasteiger partial charge in [-0.1, -0.05) is 0 Å². The molecule has 0 bridgehead atoms. The van der Waals surface area contributed by atoms with Crippen molar-refractivity contribution in [2.24, 2.45) is 12.8 Å². The Bertz CT molecular complexity index is 1160. The summed E-state index contributed by atoms with van der Waals surface area (Å²) in [4.78, 5) is 33.8.